The Hall–Kier alpha value is -1.39. The molecule has 2 N–H and O–H groups in total. The summed E-state index contributed by atoms with van der Waals surface area (Å²) in [5.74, 6) is 0.0257. The number of aryl methyl sites for hydroxylation is 1. The molecule has 19 heavy (non-hydrogen) atoms. The number of carbonyl (C=O) groups excluding carboxylic acids is 1. The highest BCUT2D eigenvalue weighted by Gasteiger charge is 2.40. The van der Waals surface area contributed by atoms with Gasteiger partial charge in [0, 0.05) is 19.6 Å². The van der Waals surface area contributed by atoms with E-state index in [4.69, 9.17) is 10.5 Å². The predicted molar refractivity (Wildman–Crippen MR) is 74.6 cm³/mol. The molecule has 1 amide bonds. The van der Waals surface area contributed by atoms with E-state index in [1.54, 1.807) is 13.8 Å². The fourth-order valence-electron chi connectivity index (χ4n) is 2.39. The summed E-state index contributed by atoms with van der Waals surface area (Å²) < 4.78 is 5.71. The third-order valence-corrected chi connectivity index (χ3v) is 3.44. The molecule has 1 fully saturated rings. The van der Waals surface area contributed by atoms with Gasteiger partial charge in [0.15, 0.2) is 0 Å². The summed E-state index contributed by atoms with van der Waals surface area (Å²) in [5.41, 5.74) is 7.25. The first kappa shape index (κ1) is 14.0. The van der Waals surface area contributed by atoms with E-state index in [2.05, 4.69) is 31.2 Å². The molecule has 0 saturated carbocycles. The van der Waals surface area contributed by atoms with Gasteiger partial charge < -0.3 is 15.4 Å². The van der Waals surface area contributed by atoms with Crippen molar-refractivity contribution in [1.82, 2.24) is 4.90 Å². The van der Waals surface area contributed by atoms with Gasteiger partial charge in [-0.15, -0.1) is 0 Å². The van der Waals surface area contributed by atoms with Crippen molar-refractivity contribution in [2.75, 3.05) is 13.1 Å². The van der Waals surface area contributed by atoms with Crippen LogP contribution in [-0.4, -0.2) is 35.6 Å². The third kappa shape index (κ3) is 3.14. The van der Waals surface area contributed by atoms with Gasteiger partial charge >= 0.3 is 0 Å². The molecule has 0 aliphatic carbocycles. The van der Waals surface area contributed by atoms with Crippen molar-refractivity contribution < 1.29 is 9.53 Å². The fraction of sp³-hybridized carbons (Fsp3) is 0.533. The lowest BCUT2D eigenvalue weighted by Gasteiger charge is -2.41. The number of nitrogens with two attached hydrogens (primary N) is 1. The number of carbonyl (C=O) groups is 1. The number of benzene rings is 1. The number of nitrogens with zero attached hydrogens (tertiary/aromatic N) is 1. The quantitative estimate of drug-likeness (QED) is 0.897. The molecule has 1 aliphatic rings. The van der Waals surface area contributed by atoms with Crippen molar-refractivity contribution >= 4 is 5.91 Å². The van der Waals surface area contributed by atoms with Crippen molar-refractivity contribution in [2.24, 2.45) is 5.73 Å². The second-order valence-electron chi connectivity index (χ2n) is 5.66. The van der Waals surface area contributed by atoms with E-state index >= 15 is 0 Å². The SMILES string of the molecule is Cc1ccc(CN2CC(CN)OC(C)(C)C2=O)cc1. The average Bonchev–Trinajstić information content (AvgIpc) is 2.37. The maximum absolute atomic E-state index is 12.3. The summed E-state index contributed by atoms with van der Waals surface area (Å²) in [4.78, 5) is 14.2. The summed E-state index contributed by atoms with van der Waals surface area (Å²) in [6, 6.07) is 8.24. The van der Waals surface area contributed by atoms with Crippen LogP contribution in [-0.2, 0) is 16.1 Å². The van der Waals surface area contributed by atoms with Crippen LogP contribution in [0.1, 0.15) is 25.0 Å². The second-order valence-corrected chi connectivity index (χ2v) is 5.66. The van der Waals surface area contributed by atoms with E-state index in [1.807, 2.05) is 4.90 Å². The Morgan fingerprint density at radius 3 is 2.58 bits per heavy atom. The zero-order valence-corrected chi connectivity index (χ0v) is 11.8. The summed E-state index contributed by atoms with van der Waals surface area (Å²) in [5, 5.41) is 0. The Labute approximate surface area is 114 Å². The molecule has 2 rings (SSSR count). The van der Waals surface area contributed by atoms with Crippen molar-refractivity contribution in [2.45, 2.75) is 39.0 Å². The largest absolute Gasteiger partial charge is 0.359 e. The Balaban J connectivity index is 2.13. The van der Waals surface area contributed by atoms with E-state index < -0.39 is 5.60 Å². The zero-order valence-electron chi connectivity index (χ0n) is 11.8. The molecule has 1 unspecified atom stereocenters. The van der Waals surface area contributed by atoms with Crippen LogP contribution in [0.3, 0.4) is 0 Å². The fourth-order valence-corrected chi connectivity index (χ4v) is 2.39. The van der Waals surface area contributed by atoms with Crippen LogP contribution in [0.2, 0.25) is 0 Å². The molecule has 1 aromatic rings. The standard InChI is InChI=1S/C15H22N2O2/c1-11-4-6-12(7-5-11)9-17-10-13(8-16)19-15(2,3)14(17)18/h4-7,13H,8-10,16H2,1-3H3. The van der Waals surface area contributed by atoms with Crippen LogP contribution in [0.5, 0.6) is 0 Å². The number of ether oxygens (including phenoxy) is 1. The molecule has 0 bridgehead atoms. The Morgan fingerprint density at radius 2 is 2.00 bits per heavy atom. The third-order valence-electron chi connectivity index (χ3n) is 3.44. The second kappa shape index (κ2) is 5.31. The van der Waals surface area contributed by atoms with E-state index in [0.29, 0.717) is 19.6 Å². The van der Waals surface area contributed by atoms with E-state index in [1.165, 1.54) is 5.56 Å². The molecule has 0 aromatic heterocycles. The number of hydrogen-bond donors (Lipinski definition) is 1. The molecule has 1 atom stereocenters. The van der Waals surface area contributed by atoms with Gasteiger partial charge in [-0.3, -0.25) is 4.79 Å². The highest BCUT2D eigenvalue weighted by Crippen LogP contribution is 2.23. The molecular formula is C15H22N2O2. The minimum atomic E-state index is -0.785. The van der Waals surface area contributed by atoms with Crippen LogP contribution in [0, 0.1) is 6.92 Å². The molecule has 0 spiro atoms. The molecule has 104 valence electrons. The maximum Gasteiger partial charge on any atom is 0.254 e. The maximum atomic E-state index is 12.3. The molecule has 0 radical (unpaired) electrons. The minimum Gasteiger partial charge on any atom is -0.359 e. The first-order valence-corrected chi connectivity index (χ1v) is 6.65. The van der Waals surface area contributed by atoms with Crippen molar-refractivity contribution in [1.29, 1.82) is 0 Å². The average molecular weight is 262 g/mol. The zero-order chi connectivity index (χ0) is 14.0. The molecule has 1 aromatic carbocycles. The smallest absolute Gasteiger partial charge is 0.254 e. The predicted octanol–water partition coefficient (Wildman–Crippen LogP) is 1.46. The van der Waals surface area contributed by atoms with Gasteiger partial charge in [-0.1, -0.05) is 29.8 Å². The van der Waals surface area contributed by atoms with Crippen LogP contribution >= 0.6 is 0 Å². The number of rotatable bonds is 3. The topological polar surface area (TPSA) is 55.6 Å². The summed E-state index contributed by atoms with van der Waals surface area (Å²) in [6.07, 6.45) is -0.0850. The van der Waals surface area contributed by atoms with Gasteiger partial charge in [0.05, 0.1) is 6.10 Å². The monoisotopic (exact) mass is 262 g/mol. The van der Waals surface area contributed by atoms with Crippen molar-refractivity contribution in [3.63, 3.8) is 0 Å². The van der Waals surface area contributed by atoms with Crippen LogP contribution in [0.25, 0.3) is 0 Å². The van der Waals surface area contributed by atoms with Crippen LogP contribution < -0.4 is 5.73 Å². The molecule has 4 nitrogen and oxygen atoms in total. The molecule has 1 aliphatic heterocycles. The van der Waals surface area contributed by atoms with Gasteiger partial charge in [0.25, 0.3) is 5.91 Å². The van der Waals surface area contributed by atoms with E-state index in [0.717, 1.165) is 5.56 Å². The summed E-state index contributed by atoms with van der Waals surface area (Å²) >= 11 is 0. The number of amides is 1. The van der Waals surface area contributed by atoms with Crippen molar-refractivity contribution in [3.05, 3.63) is 35.4 Å². The van der Waals surface area contributed by atoms with Gasteiger partial charge in [-0.25, -0.2) is 0 Å². The van der Waals surface area contributed by atoms with E-state index in [9.17, 15) is 4.79 Å². The van der Waals surface area contributed by atoms with E-state index in [-0.39, 0.29) is 12.0 Å². The lowest BCUT2D eigenvalue weighted by molar-refractivity contribution is -0.179. The van der Waals surface area contributed by atoms with Gasteiger partial charge in [0.1, 0.15) is 5.60 Å². The lowest BCUT2D eigenvalue weighted by Crippen LogP contribution is -2.58. The normalized spacial score (nSPS) is 22.6. The first-order valence-electron chi connectivity index (χ1n) is 6.65. The van der Waals surface area contributed by atoms with Gasteiger partial charge in [-0.2, -0.15) is 0 Å². The van der Waals surface area contributed by atoms with Gasteiger partial charge in [0.2, 0.25) is 0 Å². The highest BCUT2D eigenvalue weighted by atomic mass is 16.5. The molecule has 4 heteroatoms. The first-order chi connectivity index (χ1) is 8.92. The highest BCUT2D eigenvalue weighted by molar-refractivity contribution is 5.85. The molecular weight excluding hydrogens is 240 g/mol. The minimum absolute atomic E-state index is 0.0257. The molecule has 1 heterocycles. The van der Waals surface area contributed by atoms with Crippen LogP contribution in [0.4, 0.5) is 0 Å². The van der Waals surface area contributed by atoms with Crippen LogP contribution in [0.15, 0.2) is 24.3 Å². The Bertz CT molecular complexity index is 454. The Morgan fingerprint density at radius 1 is 1.37 bits per heavy atom. The summed E-state index contributed by atoms with van der Waals surface area (Å²) in [7, 11) is 0. The number of hydrogen-bond acceptors (Lipinski definition) is 3. The number of morpholine rings is 1. The lowest BCUT2D eigenvalue weighted by atomic mass is 10.0. The Kier molecular flexibility index (Phi) is 3.92. The van der Waals surface area contributed by atoms with Gasteiger partial charge in [-0.05, 0) is 26.3 Å². The molecule has 1 saturated heterocycles. The van der Waals surface area contributed by atoms with Crippen molar-refractivity contribution in [3.8, 4) is 0 Å². The summed E-state index contributed by atoms with van der Waals surface area (Å²) in [6.45, 7) is 7.27.